The van der Waals surface area contributed by atoms with Gasteiger partial charge in [0.2, 0.25) is 5.91 Å². The van der Waals surface area contributed by atoms with Crippen molar-refractivity contribution in [2.24, 2.45) is 10.2 Å². The van der Waals surface area contributed by atoms with Crippen LogP contribution in [0.1, 0.15) is 11.1 Å². The molecule has 1 aliphatic rings. The SMILES string of the molecule is Cc1ccc(-c2cccc(C=NN=C3NC(=O)CS3)c2)cc1F. The van der Waals surface area contributed by atoms with E-state index in [0.29, 0.717) is 16.5 Å². The van der Waals surface area contributed by atoms with Crippen molar-refractivity contribution >= 4 is 29.1 Å². The number of hydrogen-bond donors (Lipinski definition) is 1. The molecule has 1 fully saturated rings. The fraction of sp³-hybridized carbons (Fsp3) is 0.118. The Balaban J connectivity index is 1.79. The summed E-state index contributed by atoms with van der Waals surface area (Å²) < 4.78 is 13.7. The van der Waals surface area contributed by atoms with Gasteiger partial charge in [0.25, 0.3) is 0 Å². The highest BCUT2D eigenvalue weighted by atomic mass is 32.2. The highest BCUT2D eigenvalue weighted by Gasteiger charge is 2.15. The second-order valence-electron chi connectivity index (χ2n) is 5.08. The Morgan fingerprint density at radius 1 is 1.22 bits per heavy atom. The molecule has 0 aliphatic carbocycles. The van der Waals surface area contributed by atoms with E-state index in [4.69, 9.17) is 0 Å². The van der Waals surface area contributed by atoms with Crippen LogP contribution in [0.4, 0.5) is 4.39 Å². The van der Waals surface area contributed by atoms with E-state index in [9.17, 15) is 9.18 Å². The summed E-state index contributed by atoms with van der Waals surface area (Å²) in [6.45, 7) is 1.74. The summed E-state index contributed by atoms with van der Waals surface area (Å²) in [6.07, 6.45) is 1.60. The largest absolute Gasteiger partial charge is 0.303 e. The lowest BCUT2D eigenvalue weighted by molar-refractivity contribution is -0.116. The molecule has 0 radical (unpaired) electrons. The van der Waals surface area contributed by atoms with E-state index in [-0.39, 0.29) is 11.7 Å². The summed E-state index contributed by atoms with van der Waals surface area (Å²) in [5.74, 6) is 0.0948. The molecular formula is C17H14FN3OS. The summed E-state index contributed by atoms with van der Waals surface area (Å²) in [5.41, 5.74) is 3.19. The maximum Gasteiger partial charge on any atom is 0.236 e. The number of halogens is 1. The summed E-state index contributed by atoms with van der Waals surface area (Å²) in [4.78, 5) is 11.0. The van der Waals surface area contributed by atoms with Crippen LogP contribution in [0.5, 0.6) is 0 Å². The lowest BCUT2D eigenvalue weighted by Crippen LogP contribution is -2.19. The van der Waals surface area contributed by atoms with Crippen LogP contribution in [0.2, 0.25) is 0 Å². The Hall–Kier alpha value is -2.47. The third-order valence-electron chi connectivity index (χ3n) is 3.33. The van der Waals surface area contributed by atoms with Gasteiger partial charge < -0.3 is 5.32 Å². The Labute approximate surface area is 137 Å². The minimum absolute atomic E-state index is 0.0626. The number of amides is 1. The van der Waals surface area contributed by atoms with Crippen molar-refractivity contribution in [3.63, 3.8) is 0 Å². The number of amidine groups is 1. The van der Waals surface area contributed by atoms with Crippen LogP contribution in [0.25, 0.3) is 11.1 Å². The van der Waals surface area contributed by atoms with E-state index in [1.54, 1.807) is 19.2 Å². The molecule has 0 bridgehead atoms. The molecule has 2 aromatic carbocycles. The maximum absolute atomic E-state index is 13.7. The van der Waals surface area contributed by atoms with Crippen LogP contribution < -0.4 is 5.32 Å². The zero-order valence-corrected chi connectivity index (χ0v) is 13.2. The van der Waals surface area contributed by atoms with Crippen molar-refractivity contribution in [1.29, 1.82) is 0 Å². The van der Waals surface area contributed by atoms with Crippen LogP contribution in [0.3, 0.4) is 0 Å². The van der Waals surface area contributed by atoms with E-state index >= 15 is 0 Å². The van der Waals surface area contributed by atoms with Gasteiger partial charge in [-0.3, -0.25) is 4.79 Å². The second kappa shape index (κ2) is 6.75. The number of rotatable bonds is 3. The summed E-state index contributed by atoms with van der Waals surface area (Å²) in [5, 5.41) is 11.0. The molecule has 1 saturated heterocycles. The lowest BCUT2D eigenvalue weighted by Gasteiger charge is -2.04. The number of hydrogen-bond acceptors (Lipinski definition) is 4. The van der Waals surface area contributed by atoms with Gasteiger partial charge >= 0.3 is 0 Å². The molecule has 23 heavy (non-hydrogen) atoms. The van der Waals surface area contributed by atoms with Crippen molar-refractivity contribution in [2.75, 3.05) is 5.75 Å². The molecule has 1 aliphatic heterocycles. The van der Waals surface area contributed by atoms with Gasteiger partial charge in [0.15, 0.2) is 5.17 Å². The van der Waals surface area contributed by atoms with Crippen LogP contribution in [0, 0.1) is 12.7 Å². The first-order chi connectivity index (χ1) is 11.1. The van der Waals surface area contributed by atoms with E-state index in [1.165, 1.54) is 17.8 Å². The first-order valence-electron chi connectivity index (χ1n) is 7.02. The van der Waals surface area contributed by atoms with Crippen LogP contribution >= 0.6 is 11.8 Å². The molecule has 4 nitrogen and oxygen atoms in total. The molecular weight excluding hydrogens is 313 g/mol. The summed E-state index contributed by atoms with van der Waals surface area (Å²) in [6, 6.07) is 12.8. The van der Waals surface area contributed by atoms with Gasteiger partial charge in [0, 0.05) is 0 Å². The molecule has 1 heterocycles. The number of nitrogens with zero attached hydrogens (tertiary/aromatic N) is 2. The monoisotopic (exact) mass is 327 g/mol. The quantitative estimate of drug-likeness (QED) is 0.694. The average Bonchev–Trinajstić information content (AvgIpc) is 2.96. The van der Waals surface area contributed by atoms with Gasteiger partial charge in [-0.2, -0.15) is 5.10 Å². The molecule has 0 spiro atoms. The molecule has 0 unspecified atom stereocenters. The van der Waals surface area contributed by atoms with E-state index in [0.717, 1.165) is 16.7 Å². The first kappa shape index (κ1) is 15.4. The highest BCUT2D eigenvalue weighted by molar-refractivity contribution is 8.15. The normalized spacial score (nSPS) is 16.3. The molecule has 1 N–H and O–H groups in total. The zero-order valence-electron chi connectivity index (χ0n) is 12.4. The van der Waals surface area contributed by atoms with Crippen LogP contribution in [-0.4, -0.2) is 23.0 Å². The molecule has 116 valence electrons. The smallest absolute Gasteiger partial charge is 0.236 e. The van der Waals surface area contributed by atoms with Gasteiger partial charge in [-0.15, -0.1) is 5.10 Å². The minimum Gasteiger partial charge on any atom is -0.303 e. The van der Waals surface area contributed by atoms with Crippen molar-refractivity contribution in [1.82, 2.24) is 5.32 Å². The van der Waals surface area contributed by atoms with Crippen LogP contribution in [0.15, 0.2) is 52.7 Å². The number of benzene rings is 2. The molecule has 0 saturated carbocycles. The molecule has 0 aromatic heterocycles. The van der Waals surface area contributed by atoms with Crippen molar-refractivity contribution in [3.8, 4) is 11.1 Å². The first-order valence-corrected chi connectivity index (χ1v) is 8.00. The highest BCUT2D eigenvalue weighted by Crippen LogP contribution is 2.22. The van der Waals surface area contributed by atoms with Crippen LogP contribution in [-0.2, 0) is 4.79 Å². The predicted octanol–water partition coefficient (Wildman–Crippen LogP) is 3.35. The maximum atomic E-state index is 13.7. The van der Waals surface area contributed by atoms with E-state index in [2.05, 4.69) is 15.5 Å². The van der Waals surface area contributed by atoms with Gasteiger partial charge in [-0.1, -0.05) is 42.1 Å². The van der Waals surface area contributed by atoms with Gasteiger partial charge in [0.05, 0.1) is 12.0 Å². The Morgan fingerprint density at radius 3 is 2.78 bits per heavy atom. The molecule has 0 atom stereocenters. The van der Waals surface area contributed by atoms with Gasteiger partial charge in [-0.05, 0) is 41.3 Å². The number of carbonyl (C=O) groups excluding carboxylic acids is 1. The number of nitrogens with one attached hydrogen (secondary N) is 1. The van der Waals surface area contributed by atoms with Crippen molar-refractivity contribution in [3.05, 3.63) is 59.4 Å². The average molecular weight is 327 g/mol. The van der Waals surface area contributed by atoms with E-state index < -0.39 is 0 Å². The third kappa shape index (κ3) is 3.84. The lowest BCUT2D eigenvalue weighted by atomic mass is 10.0. The second-order valence-corrected chi connectivity index (χ2v) is 6.04. The fourth-order valence-electron chi connectivity index (χ4n) is 2.10. The topological polar surface area (TPSA) is 53.8 Å². The minimum atomic E-state index is -0.220. The van der Waals surface area contributed by atoms with Gasteiger partial charge in [0.1, 0.15) is 5.82 Å². The van der Waals surface area contributed by atoms with E-state index in [1.807, 2.05) is 30.3 Å². The molecule has 6 heteroatoms. The third-order valence-corrected chi connectivity index (χ3v) is 4.20. The van der Waals surface area contributed by atoms with Gasteiger partial charge in [-0.25, -0.2) is 4.39 Å². The molecule has 2 aromatic rings. The standard InChI is InChI=1S/C17H14FN3OS/c1-11-5-6-14(8-15(11)18)13-4-2-3-12(7-13)9-19-21-17-20-16(22)10-23-17/h2-9H,10H2,1H3,(H,20,21,22). The summed E-state index contributed by atoms with van der Waals surface area (Å²) >= 11 is 1.32. The molecule has 1 amide bonds. The number of carbonyl (C=O) groups is 1. The number of thioether (sulfide) groups is 1. The summed E-state index contributed by atoms with van der Waals surface area (Å²) in [7, 11) is 0. The number of aryl methyl sites for hydroxylation is 1. The fourth-order valence-corrected chi connectivity index (χ4v) is 2.73. The molecule has 3 rings (SSSR count). The Bertz CT molecular complexity index is 817. The Kier molecular flexibility index (Phi) is 4.52. The van der Waals surface area contributed by atoms with Crippen molar-refractivity contribution < 1.29 is 9.18 Å². The zero-order chi connectivity index (χ0) is 16.2. The Morgan fingerprint density at radius 2 is 2.04 bits per heavy atom. The van der Waals surface area contributed by atoms with Crippen molar-refractivity contribution in [2.45, 2.75) is 6.92 Å². The predicted molar refractivity (Wildman–Crippen MR) is 92.2 cm³/mol.